The number of carbonyl (C=O) groups is 2. The Bertz CT molecular complexity index is 1040. The van der Waals surface area contributed by atoms with Crippen molar-refractivity contribution in [2.45, 2.75) is 32.9 Å². The van der Waals surface area contributed by atoms with Crippen molar-refractivity contribution in [3.63, 3.8) is 0 Å². The van der Waals surface area contributed by atoms with E-state index in [2.05, 4.69) is 25.4 Å². The molecule has 2 aliphatic rings. The maximum absolute atomic E-state index is 15.1. The molecule has 1 saturated heterocycles. The second kappa shape index (κ2) is 9.12. The van der Waals surface area contributed by atoms with E-state index in [-0.39, 0.29) is 17.5 Å². The fraction of sp³-hybridized carbons (Fsp3) is 0.435. The van der Waals surface area contributed by atoms with Gasteiger partial charge in [0.1, 0.15) is 17.1 Å². The predicted octanol–water partition coefficient (Wildman–Crippen LogP) is 2.32. The third-order valence-corrected chi connectivity index (χ3v) is 5.99. The summed E-state index contributed by atoms with van der Waals surface area (Å²) >= 11 is 0. The van der Waals surface area contributed by atoms with Crippen LogP contribution in [-0.4, -0.2) is 61.0 Å². The number of piperazine rings is 1. The van der Waals surface area contributed by atoms with Crippen LogP contribution >= 0.6 is 0 Å². The topological polar surface area (TPSA) is 86.8 Å². The molecule has 2 aliphatic heterocycles. The molecule has 2 amide bonds. The molecule has 8 nitrogen and oxygen atoms in total. The van der Waals surface area contributed by atoms with Gasteiger partial charge in [0.25, 0.3) is 11.8 Å². The molecular formula is C23H28FN5O3. The number of nitrogens with one attached hydrogen (secondary N) is 2. The predicted molar refractivity (Wildman–Crippen MR) is 120 cm³/mol. The maximum Gasteiger partial charge on any atom is 0.269 e. The number of fused-ring (bicyclic) bond motifs is 1. The van der Waals surface area contributed by atoms with Gasteiger partial charge < -0.3 is 20.3 Å². The minimum Gasteiger partial charge on any atom is -0.478 e. The van der Waals surface area contributed by atoms with E-state index < -0.39 is 11.9 Å². The maximum atomic E-state index is 15.1. The van der Waals surface area contributed by atoms with Gasteiger partial charge >= 0.3 is 0 Å². The number of rotatable bonds is 5. The number of aryl methyl sites for hydroxylation is 1. The van der Waals surface area contributed by atoms with Crippen LogP contribution in [0.1, 0.15) is 35.1 Å². The number of hydrogen-bond donors (Lipinski definition) is 2. The number of hydrogen-bond acceptors (Lipinski definition) is 6. The lowest BCUT2D eigenvalue weighted by Crippen LogP contribution is -2.46. The van der Waals surface area contributed by atoms with Gasteiger partial charge in [0, 0.05) is 45.3 Å². The highest BCUT2D eigenvalue weighted by atomic mass is 19.1. The summed E-state index contributed by atoms with van der Waals surface area (Å²) in [7, 11) is 1.58. The highest BCUT2D eigenvalue weighted by molar-refractivity contribution is 5.98. The molecule has 0 radical (unpaired) electrons. The van der Waals surface area contributed by atoms with Gasteiger partial charge in [0.15, 0.2) is 11.9 Å². The number of ether oxygens (including phenoxy) is 1. The number of nitrogens with zero attached hydrogens (tertiary/aromatic N) is 3. The molecule has 0 bridgehead atoms. The highest BCUT2D eigenvalue weighted by Gasteiger charge is 2.30. The number of carbonyl (C=O) groups excluding carboxylic acids is 2. The van der Waals surface area contributed by atoms with Gasteiger partial charge in [-0.15, -0.1) is 0 Å². The van der Waals surface area contributed by atoms with Gasteiger partial charge in [-0.3, -0.25) is 14.5 Å². The molecule has 1 fully saturated rings. The summed E-state index contributed by atoms with van der Waals surface area (Å²) < 4.78 is 20.7. The van der Waals surface area contributed by atoms with Crippen molar-refractivity contribution in [2.75, 3.05) is 43.4 Å². The van der Waals surface area contributed by atoms with Crippen LogP contribution in [0.25, 0.3) is 0 Å². The lowest BCUT2D eigenvalue weighted by molar-refractivity contribution is -0.123. The van der Waals surface area contributed by atoms with Crippen LogP contribution in [0.15, 0.2) is 24.3 Å². The zero-order valence-corrected chi connectivity index (χ0v) is 18.6. The minimum atomic E-state index is -0.579. The Hall–Kier alpha value is -3.20. The SMILES string of the molecule is CC[C@@H]1Oc2ccc(CN3CCN(c4ccc(C(=O)NC)nc4C)CC3)c(F)c2NC1=O. The lowest BCUT2D eigenvalue weighted by atomic mass is 10.1. The van der Waals surface area contributed by atoms with E-state index in [1.54, 1.807) is 25.2 Å². The molecule has 0 spiro atoms. The Morgan fingerprint density at radius 1 is 1.25 bits per heavy atom. The molecule has 170 valence electrons. The van der Waals surface area contributed by atoms with E-state index in [1.807, 2.05) is 19.9 Å². The van der Waals surface area contributed by atoms with Crippen molar-refractivity contribution < 1.29 is 18.7 Å². The first-order valence-corrected chi connectivity index (χ1v) is 10.9. The van der Waals surface area contributed by atoms with Crippen LogP contribution in [0, 0.1) is 12.7 Å². The van der Waals surface area contributed by atoms with Crippen LogP contribution < -0.4 is 20.3 Å². The average Bonchev–Trinajstić information content (AvgIpc) is 2.81. The Morgan fingerprint density at radius 2 is 2.00 bits per heavy atom. The number of amides is 2. The van der Waals surface area contributed by atoms with E-state index in [0.717, 1.165) is 37.6 Å². The summed E-state index contributed by atoms with van der Waals surface area (Å²) in [4.78, 5) is 32.7. The van der Waals surface area contributed by atoms with Crippen LogP contribution in [-0.2, 0) is 11.3 Å². The molecule has 32 heavy (non-hydrogen) atoms. The standard InChI is InChI=1S/C23H28FN5O3/c1-4-18-23(31)27-21-19(32-18)8-5-15(20(21)24)13-28-9-11-29(12-10-28)17-7-6-16(22(30)25-3)26-14(17)2/h5-8,18H,4,9-13H2,1-3H3,(H,25,30)(H,27,31)/t18-/m0/s1. The van der Waals surface area contributed by atoms with E-state index in [1.165, 1.54) is 0 Å². The van der Waals surface area contributed by atoms with Crippen molar-refractivity contribution in [3.05, 3.63) is 47.0 Å². The summed E-state index contributed by atoms with van der Waals surface area (Å²) in [5, 5.41) is 5.24. The first kappa shape index (κ1) is 22.0. The first-order chi connectivity index (χ1) is 15.4. The van der Waals surface area contributed by atoms with E-state index >= 15 is 4.39 Å². The molecule has 0 unspecified atom stereocenters. The molecule has 4 rings (SSSR count). The largest absolute Gasteiger partial charge is 0.478 e. The molecule has 9 heteroatoms. The number of halogens is 1. The van der Waals surface area contributed by atoms with Crippen LogP contribution in [0.2, 0.25) is 0 Å². The highest BCUT2D eigenvalue weighted by Crippen LogP contribution is 2.35. The Morgan fingerprint density at radius 3 is 2.66 bits per heavy atom. The molecule has 1 atom stereocenters. The van der Waals surface area contributed by atoms with Gasteiger partial charge in [-0.1, -0.05) is 13.0 Å². The van der Waals surface area contributed by atoms with Gasteiger partial charge in [-0.2, -0.15) is 0 Å². The van der Waals surface area contributed by atoms with Crippen LogP contribution in [0.5, 0.6) is 5.75 Å². The fourth-order valence-corrected chi connectivity index (χ4v) is 4.15. The molecule has 2 N–H and O–H groups in total. The summed E-state index contributed by atoms with van der Waals surface area (Å²) in [5.74, 6) is -0.567. The second-order valence-electron chi connectivity index (χ2n) is 8.06. The molecule has 0 aliphatic carbocycles. The van der Waals surface area contributed by atoms with Crippen molar-refractivity contribution in [2.24, 2.45) is 0 Å². The third-order valence-electron chi connectivity index (χ3n) is 5.99. The zero-order chi connectivity index (χ0) is 22.8. The van der Waals surface area contributed by atoms with Gasteiger partial charge in [0.2, 0.25) is 0 Å². The Kier molecular flexibility index (Phi) is 6.27. The van der Waals surface area contributed by atoms with Crippen LogP contribution in [0.3, 0.4) is 0 Å². The number of benzene rings is 1. The van der Waals surface area contributed by atoms with Crippen molar-refractivity contribution in [1.82, 2.24) is 15.2 Å². The molecule has 0 saturated carbocycles. The molecular weight excluding hydrogens is 413 g/mol. The number of anilines is 2. The van der Waals surface area contributed by atoms with Crippen LogP contribution in [0.4, 0.5) is 15.8 Å². The normalized spacial score (nSPS) is 18.6. The molecule has 3 heterocycles. The summed E-state index contributed by atoms with van der Waals surface area (Å²) in [6.45, 7) is 7.26. The summed E-state index contributed by atoms with van der Waals surface area (Å²) in [6.07, 6.45) is -0.0492. The van der Waals surface area contributed by atoms with Gasteiger partial charge in [-0.05, 0) is 31.5 Å². The van der Waals surface area contributed by atoms with Gasteiger partial charge in [0.05, 0.1) is 11.4 Å². The Labute approximate surface area is 186 Å². The first-order valence-electron chi connectivity index (χ1n) is 10.9. The van der Waals surface area contributed by atoms with Crippen molar-refractivity contribution in [1.29, 1.82) is 0 Å². The van der Waals surface area contributed by atoms with E-state index in [9.17, 15) is 9.59 Å². The Balaban J connectivity index is 1.40. The summed E-state index contributed by atoms with van der Waals surface area (Å²) in [6, 6.07) is 7.12. The monoisotopic (exact) mass is 441 g/mol. The molecule has 1 aromatic carbocycles. The van der Waals surface area contributed by atoms with Crippen molar-refractivity contribution in [3.8, 4) is 5.75 Å². The fourth-order valence-electron chi connectivity index (χ4n) is 4.15. The van der Waals surface area contributed by atoms with Crippen molar-refractivity contribution >= 4 is 23.2 Å². The number of pyridine rings is 1. The zero-order valence-electron chi connectivity index (χ0n) is 18.6. The van der Waals surface area contributed by atoms with E-state index in [0.29, 0.717) is 30.0 Å². The second-order valence-corrected chi connectivity index (χ2v) is 8.06. The lowest BCUT2D eigenvalue weighted by Gasteiger charge is -2.36. The summed E-state index contributed by atoms with van der Waals surface area (Å²) in [5.41, 5.74) is 2.87. The number of aromatic nitrogens is 1. The molecule has 2 aromatic rings. The molecule has 1 aromatic heterocycles. The smallest absolute Gasteiger partial charge is 0.269 e. The average molecular weight is 442 g/mol. The van der Waals surface area contributed by atoms with E-state index in [4.69, 9.17) is 4.74 Å². The van der Waals surface area contributed by atoms with Gasteiger partial charge in [-0.25, -0.2) is 9.37 Å². The minimum absolute atomic E-state index is 0.133. The quantitative estimate of drug-likeness (QED) is 0.741. The third kappa shape index (κ3) is 4.25.